The van der Waals surface area contributed by atoms with Crippen molar-refractivity contribution < 1.29 is 9.84 Å². The summed E-state index contributed by atoms with van der Waals surface area (Å²) in [5, 5.41) is 9.57. The molecule has 0 bridgehead atoms. The lowest BCUT2D eigenvalue weighted by atomic mass is 10.0. The van der Waals surface area contributed by atoms with Crippen molar-refractivity contribution in [1.29, 1.82) is 0 Å². The van der Waals surface area contributed by atoms with E-state index in [1.54, 1.807) is 6.07 Å². The van der Waals surface area contributed by atoms with Crippen molar-refractivity contribution in [2.24, 2.45) is 5.73 Å². The fourth-order valence-corrected chi connectivity index (χ4v) is 1.67. The second-order valence-electron chi connectivity index (χ2n) is 3.06. The van der Waals surface area contributed by atoms with E-state index in [0.717, 1.165) is 12.0 Å². The van der Waals surface area contributed by atoms with E-state index in [2.05, 4.69) is 0 Å². The maximum absolute atomic E-state index is 9.31. The average Bonchev–Trinajstić information content (AvgIpc) is 2.12. The molecule has 1 heterocycles. The number of ether oxygens (including phenoxy) is 1. The van der Waals surface area contributed by atoms with Gasteiger partial charge in [-0.2, -0.15) is 0 Å². The van der Waals surface area contributed by atoms with Crippen LogP contribution in [0.3, 0.4) is 0 Å². The molecule has 3 nitrogen and oxygen atoms in total. The number of nitrogens with two attached hydrogens (primary N) is 1. The minimum absolute atomic E-state index is 0. The predicted octanol–water partition coefficient (Wildman–Crippen LogP) is 2.25. The Hall–Kier alpha value is -0.640. The predicted molar refractivity (Wildman–Crippen MR) is 57.4 cm³/mol. The van der Waals surface area contributed by atoms with Gasteiger partial charge in [0.2, 0.25) is 0 Å². The van der Waals surface area contributed by atoms with Crippen molar-refractivity contribution in [2.45, 2.75) is 12.5 Å². The van der Waals surface area contributed by atoms with Crippen LogP contribution in [-0.4, -0.2) is 11.7 Å². The summed E-state index contributed by atoms with van der Waals surface area (Å²) in [5.41, 5.74) is 6.71. The van der Waals surface area contributed by atoms with Crippen molar-refractivity contribution in [1.82, 2.24) is 0 Å². The molecule has 0 fully saturated rings. The van der Waals surface area contributed by atoms with Crippen LogP contribution in [0, 0.1) is 0 Å². The largest absolute Gasteiger partial charge is 0.506 e. The number of phenolic OH excluding ortho intramolecular Hbond substituents is 1. The molecular weight excluding hydrogens is 225 g/mol. The maximum atomic E-state index is 9.31. The lowest BCUT2D eigenvalue weighted by Crippen LogP contribution is -2.20. The molecule has 3 N–H and O–H groups in total. The number of halogens is 2. The highest BCUT2D eigenvalue weighted by molar-refractivity contribution is 6.33. The van der Waals surface area contributed by atoms with E-state index in [1.165, 1.54) is 6.07 Å². The van der Waals surface area contributed by atoms with Crippen LogP contribution in [0.5, 0.6) is 11.5 Å². The average molecular weight is 236 g/mol. The second-order valence-corrected chi connectivity index (χ2v) is 3.44. The van der Waals surface area contributed by atoms with E-state index in [-0.39, 0.29) is 29.2 Å². The van der Waals surface area contributed by atoms with Crippen molar-refractivity contribution in [3.05, 3.63) is 22.7 Å². The molecule has 1 aromatic rings. The summed E-state index contributed by atoms with van der Waals surface area (Å²) in [6.07, 6.45) is 0.786. The highest BCUT2D eigenvalue weighted by atomic mass is 35.5. The van der Waals surface area contributed by atoms with Crippen LogP contribution in [0.15, 0.2) is 12.1 Å². The molecule has 1 atom stereocenters. The highest BCUT2D eigenvalue weighted by Gasteiger charge is 2.21. The quantitative estimate of drug-likeness (QED) is 0.726. The first kappa shape index (κ1) is 11.4. The third-order valence-corrected chi connectivity index (χ3v) is 2.55. The molecule has 5 heteroatoms. The fourth-order valence-electron chi connectivity index (χ4n) is 1.44. The Morgan fingerprint density at radius 3 is 2.93 bits per heavy atom. The second kappa shape index (κ2) is 4.26. The normalized spacial score (nSPS) is 19.1. The monoisotopic (exact) mass is 235 g/mol. The number of fused-ring (bicyclic) bond motifs is 1. The van der Waals surface area contributed by atoms with Gasteiger partial charge in [0.05, 0.1) is 6.61 Å². The Kier molecular flexibility index (Phi) is 3.48. The molecule has 2 rings (SSSR count). The molecule has 78 valence electrons. The Bertz CT molecular complexity index is 344. The zero-order chi connectivity index (χ0) is 9.42. The third-order valence-electron chi connectivity index (χ3n) is 2.18. The van der Waals surface area contributed by atoms with Gasteiger partial charge >= 0.3 is 0 Å². The van der Waals surface area contributed by atoms with E-state index >= 15 is 0 Å². The minimum Gasteiger partial charge on any atom is -0.506 e. The Labute approximate surface area is 93.2 Å². The van der Waals surface area contributed by atoms with Gasteiger partial charge in [0.15, 0.2) is 0 Å². The van der Waals surface area contributed by atoms with Gasteiger partial charge in [-0.1, -0.05) is 11.6 Å². The third kappa shape index (κ3) is 1.75. The molecule has 0 aromatic heterocycles. The van der Waals surface area contributed by atoms with Gasteiger partial charge in [-0.25, -0.2) is 0 Å². The number of phenols is 1. The van der Waals surface area contributed by atoms with Crippen LogP contribution in [-0.2, 0) is 0 Å². The topological polar surface area (TPSA) is 55.5 Å². The van der Waals surface area contributed by atoms with Gasteiger partial charge in [0.1, 0.15) is 16.5 Å². The van der Waals surface area contributed by atoms with Gasteiger partial charge < -0.3 is 15.6 Å². The van der Waals surface area contributed by atoms with Crippen LogP contribution in [0.1, 0.15) is 18.0 Å². The van der Waals surface area contributed by atoms with Crippen molar-refractivity contribution in [3.63, 3.8) is 0 Å². The summed E-state index contributed by atoms with van der Waals surface area (Å²) in [4.78, 5) is 0. The van der Waals surface area contributed by atoms with Crippen molar-refractivity contribution in [3.8, 4) is 11.5 Å². The lowest BCUT2D eigenvalue weighted by Gasteiger charge is -2.23. The molecule has 0 radical (unpaired) electrons. The van der Waals surface area contributed by atoms with Crippen LogP contribution in [0.2, 0.25) is 5.02 Å². The van der Waals surface area contributed by atoms with Crippen LogP contribution >= 0.6 is 24.0 Å². The molecule has 1 aliphatic heterocycles. The van der Waals surface area contributed by atoms with Gasteiger partial charge in [-0.05, 0) is 12.1 Å². The van der Waals surface area contributed by atoms with E-state index in [0.29, 0.717) is 12.4 Å². The van der Waals surface area contributed by atoms with Gasteiger partial charge in [0, 0.05) is 18.0 Å². The van der Waals surface area contributed by atoms with Crippen molar-refractivity contribution >= 4 is 24.0 Å². The first-order chi connectivity index (χ1) is 6.20. The smallest absolute Gasteiger partial charge is 0.146 e. The Morgan fingerprint density at radius 1 is 1.50 bits per heavy atom. The Balaban J connectivity index is 0.000000980. The molecular formula is C9H11Cl2NO2. The molecule has 0 saturated heterocycles. The number of rotatable bonds is 0. The minimum atomic E-state index is -0.0400. The summed E-state index contributed by atoms with van der Waals surface area (Å²) in [6.45, 7) is 0.553. The standard InChI is InChI=1S/C9H10ClNO2.ClH/c10-8-7(12)2-1-5-6(11)3-4-13-9(5)8;/h1-2,6,12H,3-4,11H2;1H. The SMILES string of the molecule is Cl.NC1CCOc2c1ccc(O)c2Cl. The summed E-state index contributed by atoms with van der Waals surface area (Å²) in [5.74, 6) is 0.565. The molecule has 1 aliphatic rings. The zero-order valence-electron chi connectivity index (χ0n) is 7.37. The maximum Gasteiger partial charge on any atom is 0.146 e. The van der Waals surface area contributed by atoms with Gasteiger partial charge in [-0.3, -0.25) is 0 Å². The number of benzene rings is 1. The number of hydrogen-bond donors (Lipinski definition) is 2. The first-order valence-corrected chi connectivity index (χ1v) is 4.47. The first-order valence-electron chi connectivity index (χ1n) is 4.10. The van der Waals surface area contributed by atoms with E-state index in [1.807, 2.05) is 0 Å². The van der Waals surface area contributed by atoms with Crippen LogP contribution < -0.4 is 10.5 Å². The van der Waals surface area contributed by atoms with E-state index in [9.17, 15) is 5.11 Å². The zero-order valence-corrected chi connectivity index (χ0v) is 8.94. The van der Waals surface area contributed by atoms with E-state index < -0.39 is 0 Å². The highest BCUT2D eigenvalue weighted by Crippen LogP contribution is 2.41. The summed E-state index contributed by atoms with van der Waals surface area (Å²) >= 11 is 5.85. The van der Waals surface area contributed by atoms with Gasteiger partial charge in [-0.15, -0.1) is 12.4 Å². The molecule has 14 heavy (non-hydrogen) atoms. The molecule has 1 aromatic carbocycles. The molecule has 0 aliphatic carbocycles. The molecule has 0 amide bonds. The van der Waals surface area contributed by atoms with Crippen LogP contribution in [0.4, 0.5) is 0 Å². The summed E-state index contributed by atoms with van der Waals surface area (Å²) < 4.78 is 5.33. The van der Waals surface area contributed by atoms with Crippen LogP contribution in [0.25, 0.3) is 0 Å². The molecule has 0 saturated carbocycles. The van der Waals surface area contributed by atoms with E-state index in [4.69, 9.17) is 22.1 Å². The lowest BCUT2D eigenvalue weighted by molar-refractivity contribution is 0.267. The fraction of sp³-hybridized carbons (Fsp3) is 0.333. The summed E-state index contributed by atoms with van der Waals surface area (Å²) in [6, 6.07) is 3.25. The Morgan fingerprint density at radius 2 is 2.21 bits per heavy atom. The number of aromatic hydroxyl groups is 1. The summed E-state index contributed by atoms with van der Waals surface area (Å²) in [7, 11) is 0. The molecule has 0 spiro atoms. The number of hydrogen-bond acceptors (Lipinski definition) is 3. The van der Waals surface area contributed by atoms with Crippen molar-refractivity contribution in [2.75, 3.05) is 6.61 Å². The molecule has 1 unspecified atom stereocenters. The van der Waals surface area contributed by atoms with Gasteiger partial charge in [0.25, 0.3) is 0 Å².